The third-order valence-corrected chi connectivity index (χ3v) is 4.86. The lowest BCUT2D eigenvalue weighted by atomic mass is 9.91. The zero-order chi connectivity index (χ0) is 14.8. The van der Waals surface area contributed by atoms with Crippen molar-refractivity contribution in [3.63, 3.8) is 0 Å². The number of anilines is 1. The molecular formula is C15H20BrN5. The zero-order valence-corrected chi connectivity index (χ0v) is 13.7. The Morgan fingerprint density at radius 2 is 2.05 bits per heavy atom. The Kier molecular flexibility index (Phi) is 4.26. The lowest BCUT2D eigenvalue weighted by Gasteiger charge is -2.32. The largest absolute Gasteiger partial charge is 0.340 e. The van der Waals surface area contributed by atoms with Crippen LogP contribution in [-0.2, 0) is 0 Å². The third-order valence-electron chi connectivity index (χ3n) is 4.17. The quantitative estimate of drug-likeness (QED) is 0.893. The van der Waals surface area contributed by atoms with Crippen LogP contribution < -0.4 is 10.6 Å². The van der Waals surface area contributed by atoms with Crippen LogP contribution in [0.4, 0.5) is 5.95 Å². The van der Waals surface area contributed by atoms with E-state index in [2.05, 4.69) is 42.9 Å². The minimum atomic E-state index is 0.273. The SMILES string of the molecule is CC(N)C1CCN(c2n[nH]c(-c3ccccc3Br)n2)CC1. The molecule has 0 amide bonds. The molecule has 1 aromatic carbocycles. The van der Waals surface area contributed by atoms with Crippen LogP contribution in [-0.4, -0.2) is 34.3 Å². The summed E-state index contributed by atoms with van der Waals surface area (Å²) < 4.78 is 1.02. The molecule has 1 atom stereocenters. The summed E-state index contributed by atoms with van der Waals surface area (Å²) in [6, 6.07) is 8.29. The molecule has 0 radical (unpaired) electrons. The van der Waals surface area contributed by atoms with Crippen LogP contribution >= 0.6 is 15.9 Å². The third kappa shape index (κ3) is 3.11. The molecule has 112 valence electrons. The van der Waals surface area contributed by atoms with Crippen LogP contribution in [0, 0.1) is 5.92 Å². The highest BCUT2D eigenvalue weighted by Gasteiger charge is 2.24. The molecule has 5 nitrogen and oxygen atoms in total. The number of nitrogens with zero attached hydrogens (tertiary/aromatic N) is 3. The fraction of sp³-hybridized carbons (Fsp3) is 0.467. The monoisotopic (exact) mass is 349 g/mol. The summed E-state index contributed by atoms with van der Waals surface area (Å²) >= 11 is 3.55. The van der Waals surface area contributed by atoms with E-state index in [1.807, 2.05) is 24.3 Å². The van der Waals surface area contributed by atoms with Gasteiger partial charge < -0.3 is 10.6 Å². The smallest absolute Gasteiger partial charge is 0.245 e. The highest BCUT2D eigenvalue weighted by molar-refractivity contribution is 9.10. The van der Waals surface area contributed by atoms with E-state index in [1.165, 1.54) is 0 Å². The topological polar surface area (TPSA) is 70.8 Å². The summed E-state index contributed by atoms with van der Waals surface area (Å²) in [4.78, 5) is 6.86. The Morgan fingerprint density at radius 1 is 1.33 bits per heavy atom. The van der Waals surface area contributed by atoms with Gasteiger partial charge in [0.05, 0.1) is 0 Å². The molecule has 1 aliphatic rings. The highest BCUT2D eigenvalue weighted by atomic mass is 79.9. The molecule has 0 bridgehead atoms. The number of H-pyrrole nitrogens is 1. The number of nitrogens with one attached hydrogen (secondary N) is 1. The molecule has 2 heterocycles. The van der Waals surface area contributed by atoms with E-state index in [4.69, 9.17) is 5.73 Å². The molecule has 0 aliphatic carbocycles. The van der Waals surface area contributed by atoms with Crippen molar-refractivity contribution in [1.29, 1.82) is 0 Å². The maximum absolute atomic E-state index is 5.99. The van der Waals surface area contributed by atoms with E-state index < -0.39 is 0 Å². The lowest BCUT2D eigenvalue weighted by molar-refractivity contribution is 0.352. The second kappa shape index (κ2) is 6.15. The highest BCUT2D eigenvalue weighted by Crippen LogP contribution is 2.27. The Labute approximate surface area is 133 Å². The lowest BCUT2D eigenvalue weighted by Crippen LogP contribution is -2.40. The molecule has 1 aromatic heterocycles. The van der Waals surface area contributed by atoms with Crippen LogP contribution in [0.3, 0.4) is 0 Å². The van der Waals surface area contributed by atoms with E-state index in [0.29, 0.717) is 5.92 Å². The predicted octanol–water partition coefficient (Wildman–Crippen LogP) is 2.80. The number of benzene rings is 1. The number of hydrogen-bond donors (Lipinski definition) is 2. The van der Waals surface area contributed by atoms with Gasteiger partial charge in [0.2, 0.25) is 5.95 Å². The van der Waals surface area contributed by atoms with Crippen LogP contribution in [0.5, 0.6) is 0 Å². The molecule has 1 unspecified atom stereocenters. The molecular weight excluding hydrogens is 330 g/mol. The molecule has 1 aliphatic heterocycles. The Morgan fingerprint density at radius 3 is 2.71 bits per heavy atom. The van der Waals surface area contributed by atoms with Crippen LogP contribution in [0.25, 0.3) is 11.4 Å². The maximum Gasteiger partial charge on any atom is 0.245 e. The van der Waals surface area contributed by atoms with Crippen molar-refractivity contribution in [2.24, 2.45) is 11.7 Å². The van der Waals surface area contributed by atoms with Crippen molar-refractivity contribution < 1.29 is 0 Å². The summed E-state index contributed by atoms with van der Waals surface area (Å²) in [6.07, 6.45) is 2.22. The van der Waals surface area contributed by atoms with Crippen molar-refractivity contribution >= 4 is 21.9 Å². The van der Waals surface area contributed by atoms with E-state index in [9.17, 15) is 0 Å². The van der Waals surface area contributed by atoms with Gasteiger partial charge in [-0.25, -0.2) is 0 Å². The second-order valence-corrected chi connectivity index (χ2v) is 6.50. The van der Waals surface area contributed by atoms with Gasteiger partial charge in [-0.2, -0.15) is 4.98 Å². The van der Waals surface area contributed by atoms with Gasteiger partial charge >= 0.3 is 0 Å². The number of rotatable bonds is 3. The molecule has 1 fully saturated rings. The standard InChI is InChI=1S/C15H20BrN5/c1-10(17)11-6-8-21(9-7-11)15-18-14(19-20-15)12-4-2-3-5-13(12)16/h2-5,10-11H,6-9,17H2,1H3,(H,18,19,20). The number of aromatic amines is 1. The van der Waals surface area contributed by atoms with Gasteiger partial charge in [-0.05, 0) is 31.7 Å². The van der Waals surface area contributed by atoms with E-state index in [0.717, 1.165) is 47.7 Å². The van der Waals surface area contributed by atoms with Crippen molar-refractivity contribution in [2.75, 3.05) is 18.0 Å². The minimum Gasteiger partial charge on any atom is -0.340 e. The van der Waals surface area contributed by atoms with E-state index in [1.54, 1.807) is 0 Å². The molecule has 21 heavy (non-hydrogen) atoms. The van der Waals surface area contributed by atoms with E-state index >= 15 is 0 Å². The van der Waals surface area contributed by atoms with Gasteiger partial charge in [-0.3, -0.25) is 5.10 Å². The van der Waals surface area contributed by atoms with Gasteiger partial charge in [0.15, 0.2) is 5.82 Å². The average Bonchev–Trinajstić information content (AvgIpc) is 2.97. The summed E-state index contributed by atoms with van der Waals surface area (Å²) in [5.74, 6) is 2.19. The Balaban J connectivity index is 1.73. The van der Waals surface area contributed by atoms with Gasteiger partial charge in [0, 0.05) is 29.2 Å². The van der Waals surface area contributed by atoms with Gasteiger partial charge in [-0.15, -0.1) is 5.10 Å². The molecule has 3 N–H and O–H groups in total. The van der Waals surface area contributed by atoms with Crippen molar-refractivity contribution in [2.45, 2.75) is 25.8 Å². The normalized spacial score (nSPS) is 18.0. The average molecular weight is 350 g/mol. The molecule has 0 spiro atoms. The van der Waals surface area contributed by atoms with Gasteiger partial charge in [0.1, 0.15) is 0 Å². The first-order valence-electron chi connectivity index (χ1n) is 7.33. The fourth-order valence-corrected chi connectivity index (χ4v) is 3.27. The first kappa shape index (κ1) is 14.5. The first-order chi connectivity index (χ1) is 10.1. The number of nitrogens with two attached hydrogens (primary N) is 1. The zero-order valence-electron chi connectivity index (χ0n) is 12.1. The van der Waals surface area contributed by atoms with Crippen LogP contribution in [0.2, 0.25) is 0 Å². The van der Waals surface area contributed by atoms with Crippen molar-refractivity contribution in [3.05, 3.63) is 28.7 Å². The summed E-state index contributed by atoms with van der Waals surface area (Å²) in [6.45, 7) is 4.04. The predicted molar refractivity (Wildman–Crippen MR) is 88.1 cm³/mol. The second-order valence-electron chi connectivity index (χ2n) is 5.65. The van der Waals surface area contributed by atoms with Crippen molar-refractivity contribution in [3.8, 4) is 11.4 Å². The van der Waals surface area contributed by atoms with Crippen LogP contribution in [0.1, 0.15) is 19.8 Å². The molecule has 0 saturated carbocycles. The summed E-state index contributed by atoms with van der Waals surface area (Å²) in [7, 11) is 0. The van der Waals surface area contributed by atoms with Crippen molar-refractivity contribution in [1.82, 2.24) is 15.2 Å². The number of aromatic nitrogens is 3. The number of piperidine rings is 1. The molecule has 1 saturated heterocycles. The Hall–Kier alpha value is -1.40. The number of hydrogen-bond acceptors (Lipinski definition) is 4. The number of halogens is 1. The maximum atomic E-state index is 5.99. The Bertz CT molecular complexity index is 602. The summed E-state index contributed by atoms with van der Waals surface area (Å²) in [5, 5.41) is 7.40. The molecule has 2 aromatic rings. The first-order valence-corrected chi connectivity index (χ1v) is 8.12. The van der Waals surface area contributed by atoms with E-state index in [-0.39, 0.29) is 6.04 Å². The summed E-state index contributed by atoms with van der Waals surface area (Å²) in [5.41, 5.74) is 7.02. The van der Waals surface area contributed by atoms with Gasteiger partial charge in [0.25, 0.3) is 0 Å². The van der Waals surface area contributed by atoms with Crippen LogP contribution in [0.15, 0.2) is 28.7 Å². The molecule has 3 rings (SSSR count). The van der Waals surface area contributed by atoms with Gasteiger partial charge in [-0.1, -0.05) is 34.1 Å². The minimum absolute atomic E-state index is 0.273. The molecule has 6 heteroatoms. The fourth-order valence-electron chi connectivity index (χ4n) is 2.79.